The Morgan fingerprint density at radius 2 is 1.88 bits per heavy atom. The Labute approximate surface area is 146 Å². The van der Waals surface area contributed by atoms with E-state index in [1.807, 2.05) is 61.5 Å². The Hall–Kier alpha value is -2.79. The van der Waals surface area contributed by atoms with Crippen LogP contribution in [0.15, 0.2) is 59.0 Å². The van der Waals surface area contributed by atoms with Crippen LogP contribution in [0.2, 0.25) is 0 Å². The third-order valence-corrected chi connectivity index (χ3v) is 3.92. The minimum absolute atomic E-state index is 0.0388. The van der Waals surface area contributed by atoms with E-state index in [4.69, 9.17) is 14.9 Å². The normalized spacial score (nSPS) is 12.1. The molecule has 1 atom stereocenters. The van der Waals surface area contributed by atoms with Gasteiger partial charge in [-0.3, -0.25) is 4.79 Å². The van der Waals surface area contributed by atoms with Gasteiger partial charge in [-0.05, 0) is 31.5 Å². The summed E-state index contributed by atoms with van der Waals surface area (Å²) in [5, 5.41) is 3.75. The second-order valence-electron chi connectivity index (χ2n) is 6.03. The molecule has 0 aliphatic carbocycles. The number of para-hydroxylation sites is 2. The summed E-state index contributed by atoms with van der Waals surface area (Å²) in [6.45, 7) is 2.68. The molecule has 3 rings (SSSR count). The molecule has 0 radical (unpaired) electrons. The molecule has 1 heterocycles. The van der Waals surface area contributed by atoms with E-state index in [0.29, 0.717) is 24.3 Å². The Morgan fingerprint density at radius 3 is 2.64 bits per heavy atom. The van der Waals surface area contributed by atoms with E-state index in [1.165, 1.54) is 0 Å². The molecule has 1 amide bonds. The first kappa shape index (κ1) is 17.0. The van der Waals surface area contributed by atoms with E-state index < -0.39 is 0 Å². The van der Waals surface area contributed by atoms with Crippen molar-refractivity contribution in [2.24, 2.45) is 5.73 Å². The highest BCUT2D eigenvalue weighted by molar-refractivity contribution is 5.99. The van der Waals surface area contributed by atoms with E-state index in [9.17, 15) is 4.79 Å². The van der Waals surface area contributed by atoms with Gasteiger partial charge in [-0.2, -0.15) is 0 Å². The number of hydrogen-bond acceptors (Lipinski definition) is 4. The van der Waals surface area contributed by atoms with Crippen LogP contribution in [0.4, 0.5) is 0 Å². The number of benzene rings is 2. The topological polar surface area (TPSA) is 77.5 Å². The lowest BCUT2D eigenvalue weighted by atomic mass is 10.1. The number of ether oxygens (including phenoxy) is 1. The number of nitrogens with one attached hydrogen (secondary N) is 1. The van der Waals surface area contributed by atoms with Gasteiger partial charge in [0, 0.05) is 23.5 Å². The second-order valence-corrected chi connectivity index (χ2v) is 6.03. The molecule has 0 bridgehead atoms. The maximum absolute atomic E-state index is 12.5. The summed E-state index contributed by atoms with van der Waals surface area (Å²) in [6, 6.07) is 17.1. The minimum Gasteiger partial charge on any atom is -0.489 e. The van der Waals surface area contributed by atoms with Gasteiger partial charge in [0.05, 0.1) is 0 Å². The van der Waals surface area contributed by atoms with Crippen molar-refractivity contribution in [3.05, 3.63) is 65.9 Å². The first-order valence-corrected chi connectivity index (χ1v) is 8.37. The van der Waals surface area contributed by atoms with Crippen molar-refractivity contribution >= 4 is 16.9 Å². The lowest BCUT2D eigenvalue weighted by Crippen LogP contribution is -2.29. The van der Waals surface area contributed by atoms with Crippen LogP contribution in [-0.2, 0) is 6.61 Å². The van der Waals surface area contributed by atoms with E-state index in [0.717, 1.165) is 16.7 Å². The standard InChI is InChI=1S/C20H22N2O3/c1-14(21)11-12-22-20(23)19-17(13-24-15-7-3-2-4-8-15)16-9-5-6-10-18(16)25-19/h2-10,14H,11-13,21H2,1H3,(H,22,23). The van der Waals surface area contributed by atoms with Gasteiger partial charge >= 0.3 is 0 Å². The number of rotatable bonds is 7. The summed E-state index contributed by atoms with van der Waals surface area (Å²) in [5.74, 6) is 0.793. The molecule has 1 unspecified atom stereocenters. The highest BCUT2D eigenvalue weighted by Crippen LogP contribution is 2.27. The smallest absolute Gasteiger partial charge is 0.287 e. The fourth-order valence-electron chi connectivity index (χ4n) is 2.59. The van der Waals surface area contributed by atoms with Crippen LogP contribution in [-0.4, -0.2) is 18.5 Å². The lowest BCUT2D eigenvalue weighted by Gasteiger charge is -2.08. The van der Waals surface area contributed by atoms with Crippen LogP contribution in [0.3, 0.4) is 0 Å². The van der Waals surface area contributed by atoms with E-state index >= 15 is 0 Å². The lowest BCUT2D eigenvalue weighted by molar-refractivity contribution is 0.0924. The van der Waals surface area contributed by atoms with E-state index in [2.05, 4.69) is 5.32 Å². The van der Waals surface area contributed by atoms with Crippen molar-refractivity contribution in [3.63, 3.8) is 0 Å². The highest BCUT2D eigenvalue weighted by Gasteiger charge is 2.20. The molecular formula is C20H22N2O3. The van der Waals surface area contributed by atoms with Gasteiger partial charge in [-0.1, -0.05) is 36.4 Å². The molecule has 1 aromatic heterocycles. The zero-order valence-corrected chi connectivity index (χ0v) is 14.2. The number of carbonyl (C=O) groups is 1. The molecule has 0 aliphatic heterocycles. The molecule has 2 aromatic carbocycles. The Balaban J connectivity index is 1.82. The fourth-order valence-corrected chi connectivity index (χ4v) is 2.59. The zero-order chi connectivity index (χ0) is 17.6. The Morgan fingerprint density at radius 1 is 1.16 bits per heavy atom. The molecule has 0 spiro atoms. The molecule has 0 fully saturated rings. The fraction of sp³-hybridized carbons (Fsp3) is 0.250. The minimum atomic E-state index is -0.247. The quantitative estimate of drug-likeness (QED) is 0.691. The summed E-state index contributed by atoms with van der Waals surface area (Å²) in [4.78, 5) is 12.5. The highest BCUT2D eigenvalue weighted by atomic mass is 16.5. The van der Waals surface area contributed by atoms with Crippen LogP contribution < -0.4 is 15.8 Å². The number of hydrogen-bond donors (Lipinski definition) is 2. The Bertz CT molecular complexity index is 841. The molecule has 0 saturated heterocycles. The first-order chi connectivity index (χ1) is 12.1. The number of fused-ring (bicyclic) bond motifs is 1. The van der Waals surface area contributed by atoms with Crippen molar-refractivity contribution in [2.75, 3.05) is 6.54 Å². The number of furan rings is 1. The maximum Gasteiger partial charge on any atom is 0.287 e. The molecule has 0 saturated carbocycles. The SMILES string of the molecule is CC(N)CCNC(=O)c1oc2ccccc2c1COc1ccccc1. The van der Waals surface area contributed by atoms with Gasteiger partial charge < -0.3 is 20.2 Å². The first-order valence-electron chi connectivity index (χ1n) is 8.37. The molecule has 3 aromatic rings. The molecule has 130 valence electrons. The summed E-state index contributed by atoms with van der Waals surface area (Å²) < 4.78 is 11.6. The van der Waals surface area contributed by atoms with Crippen molar-refractivity contribution in [1.29, 1.82) is 0 Å². The van der Waals surface area contributed by atoms with Gasteiger partial charge in [-0.15, -0.1) is 0 Å². The predicted octanol–water partition coefficient (Wildman–Crippen LogP) is 3.48. The second kappa shape index (κ2) is 7.85. The van der Waals surface area contributed by atoms with Crippen LogP contribution in [0.1, 0.15) is 29.5 Å². The summed E-state index contributed by atoms with van der Waals surface area (Å²) >= 11 is 0. The zero-order valence-electron chi connectivity index (χ0n) is 14.2. The van der Waals surface area contributed by atoms with Gasteiger partial charge in [-0.25, -0.2) is 0 Å². The van der Waals surface area contributed by atoms with Gasteiger partial charge in [0.1, 0.15) is 17.9 Å². The average molecular weight is 338 g/mol. The molecule has 0 aliphatic rings. The van der Waals surface area contributed by atoms with Gasteiger partial charge in [0.15, 0.2) is 5.76 Å². The van der Waals surface area contributed by atoms with E-state index in [-0.39, 0.29) is 18.6 Å². The van der Waals surface area contributed by atoms with Crippen molar-refractivity contribution in [2.45, 2.75) is 26.0 Å². The maximum atomic E-state index is 12.5. The average Bonchev–Trinajstić information content (AvgIpc) is 2.99. The third-order valence-electron chi connectivity index (χ3n) is 3.92. The predicted molar refractivity (Wildman–Crippen MR) is 97.6 cm³/mol. The van der Waals surface area contributed by atoms with Gasteiger partial charge in [0.25, 0.3) is 5.91 Å². The molecule has 3 N–H and O–H groups in total. The van der Waals surface area contributed by atoms with Crippen LogP contribution in [0.25, 0.3) is 11.0 Å². The van der Waals surface area contributed by atoms with Crippen molar-refractivity contribution in [1.82, 2.24) is 5.32 Å². The van der Waals surface area contributed by atoms with Crippen molar-refractivity contribution in [3.8, 4) is 5.75 Å². The van der Waals surface area contributed by atoms with Crippen LogP contribution in [0.5, 0.6) is 5.75 Å². The van der Waals surface area contributed by atoms with Crippen molar-refractivity contribution < 1.29 is 13.9 Å². The summed E-state index contributed by atoms with van der Waals surface area (Å²) in [7, 11) is 0. The molecule has 5 nitrogen and oxygen atoms in total. The molecular weight excluding hydrogens is 316 g/mol. The molecule has 5 heteroatoms. The number of amides is 1. The van der Waals surface area contributed by atoms with Crippen LogP contribution in [0, 0.1) is 0 Å². The Kier molecular flexibility index (Phi) is 5.36. The summed E-state index contributed by atoms with van der Waals surface area (Å²) in [5.41, 5.74) is 7.15. The van der Waals surface area contributed by atoms with E-state index in [1.54, 1.807) is 0 Å². The summed E-state index contributed by atoms with van der Waals surface area (Å²) in [6.07, 6.45) is 0.710. The van der Waals surface area contributed by atoms with Crippen LogP contribution >= 0.6 is 0 Å². The van der Waals surface area contributed by atoms with Gasteiger partial charge in [0.2, 0.25) is 0 Å². The third kappa shape index (κ3) is 4.19. The largest absolute Gasteiger partial charge is 0.489 e. The molecule has 25 heavy (non-hydrogen) atoms. The monoisotopic (exact) mass is 338 g/mol. The number of nitrogens with two attached hydrogens (primary N) is 1. The number of carbonyl (C=O) groups excluding carboxylic acids is 1.